The van der Waals surface area contributed by atoms with Gasteiger partial charge < -0.3 is 14.0 Å². The molecule has 5 nitrogen and oxygen atoms in total. The summed E-state index contributed by atoms with van der Waals surface area (Å²) in [6.45, 7) is 6.48. The first kappa shape index (κ1) is 17.6. The highest BCUT2D eigenvalue weighted by Gasteiger charge is 2.21. The van der Waals surface area contributed by atoms with Gasteiger partial charge >= 0.3 is 0 Å². The van der Waals surface area contributed by atoms with Crippen molar-refractivity contribution in [3.05, 3.63) is 40.7 Å². The molecule has 0 radical (unpaired) electrons. The van der Waals surface area contributed by atoms with Crippen molar-refractivity contribution in [3.63, 3.8) is 0 Å². The maximum Gasteiger partial charge on any atom is 0.173 e. The molecule has 0 aliphatic carbocycles. The Morgan fingerprint density at radius 2 is 2.23 bits per heavy atom. The molecule has 26 heavy (non-hydrogen) atoms. The van der Waals surface area contributed by atoms with Gasteiger partial charge in [0.15, 0.2) is 10.9 Å². The van der Waals surface area contributed by atoms with Gasteiger partial charge in [-0.1, -0.05) is 11.8 Å². The van der Waals surface area contributed by atoms with E-state index in [9.17, 15) is 4.79 Å². The monoisotopic (exact) mass is 372 g/mol. The van der Waals surface area contributed by atoms with E-state index in [1.165, 1.54) is 11.8 Å². The van der Waals surface area contributed by atoms with E-state index in [1.54, 1.807) is 0 Å². The van der Waals surface area contributed by atoms with Crippen LogP contribution in [0, 0.1) is 13.8 Å². The molecule has 1 aromatic heterocycles. The van der Waals surface area contributed by atoms with Crippen LogP contribution in [0.3, 0.4) is 0 Å². The fraction of sp³-hybridized carbons (Fsp3) is 0.500. The maximum atomic E-state index is 12.6. The fourth-order valence-corrected chi connectivity index (χ4v) is 4.51. The van der Waals surface area contributed by atoms with Gasteiger partial charge in [0.1, 0.15) is 5.75 Å². The fourth-order valence-electron chi connectivity index (χ4n) is 3.51. The smallest absolute Gasteiger partial charge is 0.173 e. The van der Waals surface area contributed by atoms with Gasteiger partial charge in [0.2, 0.25) is 0 Å². The number of Topliss-reactive ketones (excluding diaryl/α,β-unsaturated/α-hetero) is 1. The minimum atomic E-state index is 0.131. The summed E-state index contributed by atoms with van der Waals surface area (Å²) >= 11 is 1.52. The van der Waals surface area contributed by atoms with Gasteiger partial charge in [0, 0.05) is 24.3 Å². The van der Waals surface area contributed by atoms with E-state index >= 15 is 0 Å². The molecule has 0 saturated carbocycles. The zero-order chi connectivity index (χ0) is 18.1. The first-order valence-electron chi connectivity index (χ1n) is 9.19. The summed E-state index contributed by atoms with van der Waals surface area (Å²) < 4.78 is 13.5. The number of carbonyl (C=O) groups is 1. The third kappa shape index (κ3) is 3.53. The van der Waals surface area contributed by atoms with Gasteiger partial charge in [-0.15, -0.1) is 0 Å². The van der Waals surface area contributed by atoms with E-state index in [2.05, 4.69) is 16.5 Å². The molecule has 0 bridgehead atoms. The van der Waals surface area contributed by atoms with Crippen molar-refractivity contribution >= 4 is 17.5 Å². The van der Waals surface area contributed by atoms with E-state index in [-0.39, 0.29) is 11.9 Å². The number of benzene rings is 1. The molecule has 2 aliphatic heterocycles. The summed E-state index contributed by atoms with van der Waals surface area (Å²) in [6.07, 6.45) is 3.36. The minimum Gasteiger partial charge on any atom is -0.493 e. The highest BCUT2D eigenvalue weighted by atomic mass is 32.2. The summed E-state index contributed by atoms with van der Waals surface area (Å²) in [7, 11) is 0. The average molecular weight is 372 g/mol. The predicted molar refractivity (Wildman–Crippen MR) is 101 cm³/mol. The van der Waals surface area contributed by atoms with Crippen molar-refractivity contribution in [2.75, 3.05) is 19.0 Å². The van der Waals surface area contributed by atoms with Gasteiger partial charge in [0.05, 0.1) is 30.7 Å². The number of aryl methyl sites for hydroxylation is 1. The van der Waals surface area contributed by atoms with Crippen molar-refractivity contribution in [2.24, 2.45) is 0 Å². The van der Waals surface area contributed by atoms with E-state index in [0.29, 0.717) is 12.4 Å². The molecular weight excluding hydrogens is 348 g/mol. The molecule has 0 unspecified atom stereocenters. The number of ether oxygens (including phenoxy) is 2. The highest BCUT2D eigenvalue weighted by Crippen LogP contribution is 2.28. The van der Waals surface area contributed by atoms with Gasteiger partial charge in [-0.3, -0.25) is 4.79 Å². The summed E-state index contributed by atoms with van der Waals surface area (Å²) in [6, 6.07) is 5.75. The topological polar surface area (TPSA) is 53.3 Å². The average Bonchev–Trinajstić information content (AvgIpc) is 3.37. The molecule has 1 aromatic carbocycles. The Hall–Kier alpha value is -1.79. The molecule has 1 fully saturated rings. The number of thioether (sulfide) groups is 1. The Morgan fingerprint density at radius 3 is 3.04 bits per heavy atom. The van der Waals surface area contributed by atoms with Crippen LogP contribution in [-0.4, -0.2) is 40.4 Å². The SMILES string of the molecule is Cc1nc(SCC(=O)c2ccc3c(c2)CCO3)n(C[C@H]2CCCO2)c1C. The highest BCUT2D eigenvalue weighted by molar-refractivity contribution is 7.99. The molecule has 0 N–H and O–H groups in total. The van der Waals surface area contributed by atoms with Crippen LogP contribution in [0.1, 0.15) is 40.2 Å². The third-order valence-electron chi connectivity index (χ3n) is 5.18. The normalized spacial score (nSPS) is 18.8. The zero-order valence-corrected chi connectivity index (χ0v) is 16.1. The Morgan fingerprint density at radius 1 is 1.35 bits per heavy atom. The predicted octanol–water partition coefficient (Wildman–Crippen LogP) is 3.59. The Labute approximate surface area is 158 Å². The number of carbonyl (C=O) groups excluding carboxylic acids is 1. The second-order valence-corrected chi connectivity index (χ2v) is 7.89. The van der Waals surface area contributed by atoms with Crippen molar-refractivity contribution in [1.82, 2.24) is 9.55 Å². The number of aromatic nitrogens is 2. The number of hydrogen-bond acceptors (Lipinski definition) is 5. The second kappa shape index (κ2) is 7.45. The van der Waals surface area contributed by atoms with E-state index in [0.717, 1.165) is 65.8 Å². The second-order valence-electron chi connectivity index (χ2n) is 6.94. The molecular formula is C20H24N2O3S. The lowest BCUT2D eigenvalue weighted by atomic mass is 10.1. The Bertz CT molecular complexity index is 825. The lowest BCUT2D eigenvalue weighted by Gasteiger charge is -2.14. The first-order valence-corrected chi connectivity index (χ1v) is 10.2. The molecule has 6 heteroatoms. The molecule has 1 atom stereocenters. The minimum absolute atomic E-state index is 0.131. The van der Waals surface area contributed by atoms with E-state index < -0.39 is 0 Å². The summed E-state index contributed by atoms with van der Waals surface area (Å²) in [5.74, 6) is 1.43. The van der Waals surface area contributed by atoms with Crippen LogP contribution in [0.25, 0.3) is 0 Å². The van der Waals surface area contributed by atoms with Crippen LogP contribution in [0.4, 0.5) is 0 Å². The molecule has 2 aliphatic rings. The van der Waals surface area contributed by atoms with Gasteiger partial charge in [-0.25, -0.2) is 4.98 Å². The molecule has 4 rings (SSSR count). The number of rotatable bonds is 6. The van der Waals surface area contributed by atoms with Crippen LogP contribution in [-0.2, 0) is 17.7 Å². The van der Waals surface area contributed by atoms with E-state index in [1.807, 2.05) is 25.1 Å². The van der Waals surface area contributed by atoms with Gasteiger partial charge in [-0.05, 0) is 50.5 Å². The van der Waals surface area contributed by atoms with Gasteiger partial charge in [-0.2, -0.15) is 0 Å². The zero-order valence-electron chi connectivity index (χ0n) is 15.3. The van der Waals surface area contributed by atoms with Crippen LogP contribution in [0.2, 0.25) is 0 Å². The van der Waals surface area contributed by atoms with Crippen LogP contribution < -0.4 is 4.74 Å². The number of fused-ring (bicyclic) bond motifs is 1. The summed E-state index contributed by atoms with van der Waals surface area (Å²) in [4.78, 5) is 17.3. The summed E-state index contributed by atoms with van der Waals surface area (Å²) in [5, 5.41) is 0.911. The lowest BCUT2D eigenvalue weighted by molar-refractivity contribution is 0.0945. The molecule has 0 amide bonds. The Balaban J connectivity index is 1.45. The molecule has 3 heterocycles. The maximum absolute atomic E-state index is 12.6. The number of hydrogen-bond donors (Lipinski definition) is 0. The summed E-state index contributed by atoms with van der Waals surface area (Å²) in [5.41, 5.74) is 4.07. The first-order chi connectivity index (χ1) is 12.6. The van der Waals surface area contributed by atoms with Crippen LogP contribution in [0.5, 0.6) is 5.75 Å². The lowest BCUT2D eigenvalue weighted by Crippen LogP contribution is -2.17. The van der Waals surface area contributed by atoms with Crippen molar-refractivity contribution < 1.29 is 14.3 Å². The third-order valence-corrected chi connectivity index (χ3v) is 6.15. The molecule has 138 valence electrons. The number of ketones is 1. The largest absolute Gasteiger partial charge is 0.493 e. The quantitative estimate of drug-likeness (QED) is 0.573. The molecule has 2 aromatic rings. The number of imidazole rings is 1. The van der Waals surface area contributed by atoms with Crippen molar-refractivity contribution in [2.45, 2.75) is 50.9 Å². The Kier molecular flexibility index (Phi) is 5.05. The van der Waals surface area contributed by atoms with E-state index in [4.69, 9.17) is 9.47 Å². The van der Waals surface area contributed by atoms with Crippen LogP contribution >= 0.6 is 11.8 Å². The standard InChI is InChI=1S/C20H24N2O3S/c1-13-14(2)22(11-17-4-3-8-24-17)20(21-13)26-12-18(23)15-5-6-19-16(10-15)7-9-25-19/h5-6,10,17H,3-4,7-9,11-12H2,1-2H3/t17-/m1/s1. The number of nitrogens with zero attached hydrogens (tertiary/aromatic N) is 2. The van der Waals surface area contributed by atoms with Crippen LogP contribution in [0.15, 0.2) is 23.4 Å². The molecule has 0 spiro atoms. The van der Waals surface area contributed by atoms with Gasteiger partial charge in [0.25, 0.3) is 0 Å². The van der Waals surface area contributed by atoms with Crippen molar-refractivity contribution in [3.8, 4) is 5.75 Å². The van der Waals surface area contributed by atoms with Crippen molar-refractivity contribution in [1.29, 1.82) is 0 Å². The molecule has 1 saturated heterocycles.